The highest BCUT2D eigenvalue weighted by atomic mass is 35.5. The molecule has 94 valence electrons. The van der Waals surface area contributed by atoms with Crippen molar-refractivity contribution >= 4 is 16.8 Å². The van der Waals surface area contributed by atoms with E-state index in [0.29, 0.717) is 6.54 Å². The topological polar surface area (TPSA) is 47.9 Å². The summed E-state index contributed by atoms with van der Waals surface area (Å²) >= 11 is 5.47. The molecule has 0 fully saturated rings. The molecule has 3 nitrogen and oxygen atoms in total. The maximum atomic E-state index is 7.14. The quantitative estimate of drug-likeness (QED) is 0.433. The molecule has 18 heavy (non-hydrogen) atoms. The molecule has 0 aliphatic carbocycles. The van der Waals surface area contributed by atoms with Crippen LogP contribution >= 0.6 is 11.6 Å². The van der Waals surface area contributed by atoms with Crippen molar-refractivity contribution in [3.05, 3.63) is 47.8 Å². The lowest BCUT2D eigenvalue weighted by molar-refractivity contribution is 0.744. The molecular weight excluding hydrogens is 246 g/mol. The molecule has 1 rings (SSSR count). The number of benzene rings is 1. The minimum absolute atomic E-state index is 0.0118. The zero-order valence-corrected chi connectivity index (χ0v) is 11.0. The highest BCUT2D eigenvalue weighted by Crippen LogP contribution is 1.95. The number of allylic oxidation sites excluding steroid dienone is 1. The van der Waals surface area contributed by atoms with Crippen LogP contribution in [0, 0.1) is 17.3 Å². The first-order valence-corrected chi connectivity index (χ1v) is 6.01. The molecular formula is C14H16ClN3. The predicted molar refractivity (Wildman–Crippen MR) is 76.7 cm³/mol. The first-order chi connectivity index (χ1) is 8.72. The third kappa shape index (κ3) is 5.97. The summed E-state index contributed by atoms with van der Waals surface area (Å²) in [5, 5.41) is 13.2. The molecule has 0 saturated heterocycles. The molecule has 1 aromatic rings. The summed E-state index contributed by atoms with van der Waals surface area (Å²) in [6.45, 7) is 0.705. The van der Waals surface area contributed by atoms with Gasteiger partial charge in [-0.2, -0.15) is 0 Å². The van der Waals surface area contributed by atoms with Gasteiger partial charge in [-0.1, -0.05) is 41.6 Å². The Kier molecular flexibility index (Phi) is 6.45. The van der Waals surface area contributed by atoms with Gasteiger partial charge in [-0.15, -0.1) is 0 Å². The molecule has 4 heteroatoms. The first kappa shape index (κ1) is 14.1. The van der Waals surface area contributed by atoms with E-state index in [9.17, 15) is 0 Å². The molecule has 0 unspecified atom stereocenters. The number of hydrogen-bond donors (Lipinski definition) is 3. The zero-order chi connectivity index (χ0) is 13.2. The van der Waals surface area contributed by atoms with Crippen LogP contribution in [0.15, 0.2) is 42.2 Å². The lowest BCUT2D eigenvalue weighted by Gasteiger charge is -2.07. The van der Waals surface area contributed by atoms with Gasteiger partial charge in [0.15, 0.2) is 0 Å². The van der Waals surface area contributed by atoms with Crippen LogP contribution in [0.3, 0.4) is 0 Å². The van der Waals surface area contributed by atoms with Crippen LogP contribution < -0.4 is 10.6 Å². The number of halogens is 1. The minimum atomic E-state index is -0.0118. The van der Waals surface area contributed by atoms with Crippen molar-refractivity contribution in [2.24, 2.45) is 0 Å². The van der Waals surface area contributed by atoms with Crippen LogP contribution in [0.25, 0.3) is 0 Å². The molecule has 0 spiro atoms. The second-order valence-electron chi connectivity index (χ2n) is 3.50. The summed E-state index contributed by atoms with van der Waals surface area (Å²) in [6.07, 6.45) is 2.25. The fraction of sp³-hybridized carbons (Fsp3) is 0.214. The summed E-state index contributed by atoms with van der Waals surface area (Å²) in [7, 11) is 1.77. The van der Waals surface area contributed by atoms with Gasteiger partial charge in [0.05, 0.1) is 0 Å². The fourth-order valence-corrected chi connectivity index (χ4v) is 1.39. The van der Waals surface area contributed by atoms with Crippen LogP contribution in [0.4, 0.5) is 0 Å². The maximum absolute atomic E-state index is 7.14. The van der Waals surface area contributed by atoms with Crippen LogP contribution in [-0.4, -0.2) is 18.8 Å². The van der Waals surface area contributed by atoms with Gasteiger partial charge < -0.3 is 10.6 Å². The second kappa shape index (κ2) is 8.21. The SMILES string of the molecule is CN/C(=C\C(=N)Cl)NCCC#Cc1ccccc1. The van der Waals surface area contributed by atoms with Gasteiger partial charge in [0, 0.05) is 31.7 Å². The average Bonchev–Trinajstić information content (AvgIpc) is 2.37. The molecule has 3 N–H and O–H groups in total. The van der Waals surface area contributed by atoms with E-state index in [1.807, 2.05) is 30.3 Å². The van der Waals surface area contributed by atoms with Gasteiger partial charge in [-0.05, 0) is 12.1 Å². The highest BCUT2D eigenvalue weighted by molar-refractivity contribution is 6.67. The Balaban J connectivity index is 2.35. The van der Waals surface area contributed by atoms with E-state index < -0.39 is 0 Å². The first-order valence-electron chi connectivity index (χ1n) is 5.63. The largest absolute Gasteiger partial charge is 0.375 e. The standard InChI is InChI=1S/C14H16ClN3/c1-17-14(11-13(15)16)18-10-6-5-9-12-7-3-2-4-8-12/h2-4,7-8,11,16-18H,6,10H2,1H3/b14-11+,16-13?. The van der Waals surface area contributed by atoms with E-state index in [0.717, 1.165) is 17.8 Å². The van der Waals surface area contributed by atoms with E-state index in [2.05, 4.69) is 22.5 Å². The summed E-state index contributed by atoms with van der Waals surface area (Å²) < 4.78 is 0. The predicted octanol–water partition coefficient (Wildman–Crippen LogP) is 2.29. The molecule has 0 atom stereocenters. The second-order valence-corrected chi connectivity index (χ2v) is 3.91. The van der Waals surface area contributed by atoms with E-state index in [4.69, 9.17) is 17.0 Å². The lowest BCUT2D eigenvalue weighted by Crippen LogP contribution is -2.24. The minimum Gasteiger partial charge on any atom is -0.375 e. The lowest BCUT2D eigenvalue weighted by atomic mass is 10.2. The molecule has 0 saturated carbocycles. The van der Waals surface area contributed by atoms with Gasteiger partial charge in [0.25, 0.3) is 0 Å². The smallest absolute Gasteiger partial charge is 0.124 e. The molecule has 0 bridgehead atoms. The zero-order valence-electron chi connectivity index (χ0n) is 10.3. The number of nitrogens with one attached hydrogen (secondary N) is 3. The Morgan fingerprint density at radius 1 is 1.39 bits per heavy atom. The van der Waals surface area contributed by atoms with Crippen molar-refractivity contribution in [1.82, 2.24) is 10.6 Å². The van der Waals surface area contributed by atoms with Gasteiger partial charge in [0.2, 0.25) is 0 Å². The van der Waals surface area contributed by atoms with E-state index in [1.165, 1.54) is 6.08 Å². The Morgan fingerprint density at radius 2 is 2.11 bits per heavy atom. The van der Waals surface area contributed by atoms with Crippen molar-refractivity contribution in [2.75, 3.05) is 13.6 Å². The normalized spacial score (nSPS) is 10.2. The summed E-state index contributed by atoms with van der Waals surface area (Å²) in [4.78, 5) is 0. The average molecular weight is 262 g/mol. The van der Waals surface area contributed by atoms with Crippen LogP contribution in [0.2, 0.25) is 0 Å². The summed E-state index contributed by atoms with van der Waals surface area (Å²) in [6, 6.07) is 9.87. The Bertz CT molecular complexity index is 469. The Morgan fingerprint density at radius 3 is 2.72 bits per heavy atom. The Labute approximate surface area is 113 Å². The Hall–Kier alpha value is -1.92. The van der Waals surface area contributed by atoms with Gasteiger partial charge in [0.1, 0.15) is 11.0 Å². The molecule has 0 radical (unpaired) electrons. The van der Waals surface area contributed by atoms with Gasteiger partial charge in [-0.3, -0.25) is 5.41 Å². The summed E-state index contributed by atoms with van der Waals surface area (Å²) in [5.74, 6) is 6.88. The molecule has 0 aromatic heterocycles. The molecule has 0 amide bonds. The van der Waals surface area contributed by atoms with Crippen LogP contribution in [0.1, 0.15) is 12.0 Å². The van der Waals surface area contributed by atoms with Crippen LogP contribution in [0.5, 0.6) is 0 Å². The van der Waals surface area contributed by atoms with Crippen molar-refractivity contribution in [1.29, 1.82) is 5.41 Å². The monoisotopic (exact) mass is 261 g/mol. The van der Waals surface area contributed by atoms with Crippen LogP contribution in [-0.2, 0) is 0 Å². The number of rotatable bonds is 5. The maximum Gasteiger partial charge on any atom is 0.124 e. The highest BCUT2D eigenvalue weighted by Gasteiger charge is 1.92. The van der Waals surface area contributed by atoms with E-state index in [-0.39, 0.29) is 5.17 Å². The molecule has 0 aliphatic rings. The summed E-state index contributed by atoms with van der Waals surface area (Å²) in [5.41, 5.74) is 1.02. The van der Waals surface area contributed by atoms with Crippen molar-refractivity contribution in [3.8, 4) is 11.8 Å². The fourth-order valence-electron chi connectivity index (χ4n) is 1.28. The molecule has 1 aromatic carbocycles. The third-order valence-corrected chi connectivity index (χ3v) is 2.22. The van der Waals surface area contributed by atoms with Gasteiger partial charge >= 0.3 is 0 Å². The number of hydrogen-bond acceptors (Lipinski definition) is 3. The van der Waals surface area contributed by atoms with Gasteiger partial charge in [-0.25, -0.2) is 0 Å². The van der Waals surface area contributed by atoms with Crippen molar-refractivity contribution in [3.63, 3.8) is 0 Å². The van der Waals surface area contributed by atoms with Crippen molar-refractivity contribution < 1.29 is 0 Å². The third-order valence-electron chi connectivity index (χ3n) is 2.11. The molecule has 0 heterocycles. The van der Waals surface area contributed by atoms with E-state index in [1.54, 1.807) is 7.05 Å². The van der Waals surface area contributed by atoms with Crippen molar-refractivity contribution in [2.45, 2.75) is 6.42 Å². The van der Waals surface area contributed by atoms with E-state index >= 15 is 0 Å². The molecule has 0 aliphatic heterocycles.